The number of piperazine rings is 1. The fourth-order valence-electron chi connectivity index (χ4n) is 9.14. The van der Waals surface area contributed by atoms with Gasteiger partial charge in [-0.1, -0.05) is 72.4 Å². The third-order valence-corrected chi connectivity index (χ3v) is 13.5. The first-order valence-corrected chi connectivity index (χ1v) is 23.9. The number of anilines is 2. The SMILES string of the molecule is O=C1CCC(N2C(=O)c3cccc(NCCOCCOCCOCCN4CCN(c5ccc(-c6ccc7c(c6)C(=O)N(C(C(=O)NC6NC=CS6)c6ccccc6)C7)cc5)CC4)c3C2=O)C(=O)N1. The molecule has 4 aromatic rings. The lowest BCUT2D eigenvalue weighted by Gasteiger charge is -2.36. The van der Waals surface area contributed by atoms with Crippen LogP contribution >= 0.6 is 11.8 Å². The minimum Gasteiger partial charge on any atom is -0.382 e. The zero-order chi connectivity index (χ0) is 47.0. The van der Waals surface area contributed by atoms with E-state index < -0.39 is 35.7 Å². The number of piperidine rings is 1. The molecule has 0 saturated carbocycles. The third kappa shape index (κ3) is 10.4. The van der Waals surface area contributed by atoms with Gasteiger partial charge in [0.1, 0.15) is 12.1 Å². The summed E-state index contributed by atoms with van der Waals surface area (Å²) in [5.41, 5.74) is 6.05. The molecule has 4 N–H and O–H groups in total. The van der Waals surface area contributed by atoms with Gasteiger partial charge in [-0.05, 0) is 64.4 Å². The van der Waals surface area contributed by atoms with E-state index in [0.29, 0.717) is 64.0 Å². The van der Waals surface area contributed by atoms with Gasteiger partial charge in [-0.15, -0.1) is 0 Å². The number of nitrogens with zero attached hydrogens (tertiary/aromatic N) is 4. The molecule has 9 rings (SSSR count). The Kier molecular flexibility index (Phi) is 14.8. The molecular weight excluding hydrogens is 889 g/mol. The second-order valence-corrected chi connectivity index (χ2v) is 17.9. The van der Waals surface area contributed by atoms with Gasteiger partial charge in [0.15, 0.2) is 5.50 Å². The monoisotopic (exact) mass is 942 g/mol. The molecule has 5 aliphatic rings. The van der Waals surface area contributed by atoms with E-state index in [-0.39, 0.29) is 41.3 Å². The van der Waals surface area contributed by atoms with Crippen molar-refractivity contribution in [1.82, 2.24) is 30.7 Å². The molecule has 68 heavy (non-hydrogen) atoms. The molecule has 5 heterocycles. The van der Waals surface area contributed by atoms with E-state index in [0.717, 1.165) is 65.6 Å². The molecule has 18 heteroatoms. The van der Waals surface area contributed by atoms with Crippen molar-refractivity contribution in [2.75, 3.05) is 89.1 Å². The molecule has 0 aliphatic carbocycles. The van der Waals surface area contributed by atoms with Gasteiger partial charge in [0.25, 0.3) is 17.7 Å². The number of hydrogen-bond donors (Lipinski definition) is 4. The maximum Gasteiger partial charge on any atom is 0.264 e. The van der Waals surface area contributed by atoms with Crippen molar-refractivity contribution in [2.45, 2.75) is 37.0 Å². The van der Waals surface area contributed by atoms with E-state index >= 15 is 0 Å². The molecule has 354 valence electrons. The van der Waals surface area contributed by atoms with Crippen molar-refractivity contribution < 1.29 is 43.0 Å². The summed E-state index contributed by atoms with van der Waals surface area (Å²) in [7, 11) is 0. The van der Waals surface area contributed by atoms with Crippen molar-refractivity contribution in [3.8, 4) is 11.1 Å². The Morgan fingerprint density at radius 1 is 0.750 bits per heavy atom. The van der Waals surface area contributed by atoms with E-state index in [1.54, 1.807) is 29.3 Å². The predicted octanol–water partition coefficient (Wildman–Crippen LogP) is 3.94. The van der Waals surface area contributed by atoms with Crippen LogP contribution in [-0.4, -0.2) is 141 Å². The van der Waals surface area contributed by atoms with Crippen molar-refractivity contribution in [1.29, 1.82) is 0 Å². The zero-order valence-corrected chi connectivity index (χ0v) is 38.3. The van der Waals surface area contributed by atoms with Gasteiger partial charge in [0.05, 0.1) is 50.8 Å². The van der Waals surface area contributed by atoms with Crippen LogP contribution in [0.4, 0.5) is 11.4 Å². The van der Waals surface area contributed by atoms with Gasteiger partial charge in [-0.3, -0.25) is 43.9 Å². The molecule has 0 spiro atoms. The van der Waals surface area contributed by atoms with Gasteiger partial charge in [-0.25, -0.2) is 0 Å². The number of benzene rings is 4. The number of hydrogen-bond acceptors (Lipinski definition) is 14. The summed E-state index contributed by atoms with van der Waals surface area (Å²) in [5.74, 6) is -2.56. The van der Waals surface area contributed by atoms with Gasteiger partial charge in [-0.2, -0.15) is 0 Å². The lowest BCUT2D eigenvalue weighted by Crippen LogP contribution is -2.54. The van der Waals surface area contributed by atoms with Crippen LogP contribution < -0.4 is 26.2 Å². The first kappa shape index (κ1) is 46.5. The largest absolute Gasteiger partial charge is 0.382 e. The summed E-state index contributed by atoms with van der Waals surface area (Å²) in [6.07, 6.45) is 1.96. The van der Waals surface area contributed by atoms with Crippen LogP contribution in [-0.2, 0) is 35.1 Å². The highest BCUT2D eigenvalue weighted by Crippen LogP contribution is 2.36. The average Bonchev–Trinajstić information content (AvgIpc) is 4.06. The van der Waals surface area contributed by atoms with Crippen LogP contribution in [0.15, 0.2) is 103 Å². The van der Waals surface area contributed by atoms with Crippen LogP contribution in [0, 0.1) is 0 Å². The van der Waals surface area contributed by atoms with Crippen LogP contribution in [0.3, 0.4) is 0 Å². The Labute approximate surface area is 398 Å². The summed E-state index contributed by atoms with van der Waals surface area (Å²) in [4.78, 5) is 85.3. The standard InChI is InChI=1S/C50H54N8O9S/c59-42-16-15-41(45(60)53-42)58-48(63)38-7-4-8-40(43(38)49(58)64)51-17-24-65-26-28-67-29-27-66-25-23-55-19-21-56(22-20-55)37-13-11-33(12-14-37)35-9-10-36-32-57(47(62)39(36)31-35)44(34-5-2-1-3-6-34)46(61)54-50-52-18-30-68-50/h1-14,18,30-31,41,44,50-52H,15-17,19-29,32H2,(H,54,61)(H,53,59,60). The second kappa shape index (κ2) is 21.6. The Bertz CT molecular complexity index is 2550. The summed E-state index contributed by atoms with van der Waals surface area (Å²) in [6, 6.07) is 27.1. The fourth-order valence-corrected chi connectivity index (χ4v) is 9.79. The third-order valence-electron chi connectivity index (χ3n) is 12.7. The smallest absolute Gasteiger partial charge is 0.264 e. The van der Waals surface area contributed by atoms with Gasteiger partial charge >= 0.3 is 0 Å². The number of imide groups is 2. The molecule has 3 unspecified atom stereocenters. The van der Waals surface area contributed by atoms with Crippen molar-refractivity contribution >= 4 is 58.6 Å². The number of amides is 6. The molecular formula is C50H54N8O9S. The van der Waals surface area contributed by atoms with Gasteiger partial charge in [0, 0.05) is 75.4 Å². The van der Waals surface area contributed by atoms with Crippen molar-refractivity contribution in [2.24, 2.45) is 0 Å². The lowest BCUT2D eigenvalue weighted by atomic mass is 10.00. The topological polar surface area (TPSA) is 191 Å². The van der Waals surface area contributed by atoms with E-state index in [9.17, 15) is 28.8 Å². The zero-order valence-electron chi connectivity index (χ0n) is 37.5. The number of ether oxygens (including phenoxy) is 3. The number of carbonyl (C=O) groups excluding carboxylic acids is 6. The minimum absolute atomic E-state index is 0.0632. The Morgan fingerprint density at radius 2 is 1.49 bits per heavy atom. The van der Waals surface area contributed by atoms with E-state index in [1.807, 2.05) is 47.9 Å². The molecule has 4 aromatic carbocycles. The number of nitrogens with one attached hydrogen (secondary N) is 4. The number of rotatable bonds is 20. The fraction of sp³-hybridized carbons (Fsp3) is 0.360. The Morgan fingerprint density at radius 3 is 2.22 bits per heavy atom. The maximum atomic E-state index is 14.0. The Hall–Kier alpha value is -6.57. The van der Waals surface area contributed by atoms with Crippen LogP contribution in [0.2, 0.25) is 0 Å². The average molecular weight is 943 g/mol. The first-order valence-electron chi connectivity index (χ1n) is 23.0. The van der Waals surface area contributed by atoms with E-state index in [4.69, 9.17) is 14.2 Å². The highest BCUT2D eigenvalue weighted by atomic mass is 32.2. The molecule has 2 fully saturated rings. The van der Waals surface area contributed by atoms with Crippen molar-refractivity contribution in [3.05, 3.63) is 130 Å². The molecule has 3 atom stereocenters. The lowest BCUT2D eigenvalue weighted by molar-refractivity contribution is -0.136. The first-order chi connectivity index (χ1) is 33.2. The molecule has 2 saturated heterocycles. The summed E-state index contributed by atoms with van der Waals surface area (Å²) >= 11 is 1.47. The Balaban J connectivity index is 0.643. The second-order valence-electron chi connectivity index (χ2n) is 16.9. The quantitative estimate of drug-likeness (QED) is 0.0737. The van der Waals surface area contributed by atoms with Crippen molar-refractivity contribution in [3.63, 3.8) is 0 Å². The maximum absolute atomic E-state index is 14.0. The number of thioether (sulfide) groups is 1. The summed E-state index contributed by atoms with van der Waals surface area (Å²) in [5, 5.41) is 13.4. The van der Waals surface area contributed by atoms with E-state index in [2.05, 4.69) is 61.4 Å². The molecule has 6 amide bonds. The number of fused-ring (bicyclic) bond motifs is 2. The van der Waals surface area contributed by atoms with Gasteiger partial charge < -0.3 is 40.0 Å². The molecule has 0 radical (unpaired) electrons. The summed E-state index contributed by atoms with van der Waals surface area (Å²) < 4.78 is 17.2. The minimum atomic E-state index is -1.02. The molecule has 0 bridgehead atoms. The van der Waals surface area contributed by atoms with E-state index in [1.165, 1.54) is 11.8 Å². The number of carbonyl (C=O) groups is 6. The highest BCUT2D eigenvalue weighted by molar-refractivity contribution is 8.02. The van der Waals surface area contributed by atoms with Gasteiger partial charge in [0.2, 0.25) is 17.7 Å². The summed E-state index contributed by atoms with van der Waals surface area (Å²) in [6.45, 7) is 7.89. The molecule has 5 aliphatic heterocycles. The predicted molar refractivity (Wildman–Crippen MR) is 255 cm³/mol. The van der Waals surface area contributed by atoms with Crippen LogP contribution in [0.1, 0.15) is 61.1 Å². The van der Waals surface area contributed by atoms with Crippen LogP contribution in [0.5, 0.6) is 0 Å². The molecule has 0 aromatic heterocycles. The van der Waals surface area contributed by atoms with Crippen LogP contribution in [0.25, 0.3) is 11.1 Å². The normalized spacial score (nSPS) is 19.5. The highest BCUT2D eigenvalue weighted by Gasteiger charge is 2.46. The molecule has 17 nitrogen and oxygen atoms in total.